The summed E-state index contributed by atoms with van der Waals surface area (Å²) in [7, 11) is 1.54. The average molecular weight is 356 g/mol. The highest BCUT2D eigenvalue weighted by Gasteiger charge is 2.16. The summed E-state index contributed by atoms with van der Waals surface area (Å²) in [5.41, 5.74) is 2.45. The van der Waals surface area contributed by atoms with E-state index in [1.165, 1.54) is 13.2 Å². The summed E-state index contributed by atoms with van der Waals surface area (Å²) in [5.74, 6) is 1.13. The van der Waals surface area contributed by atoms with Crippen molar-refractivity contribution in [2.24, 2.45) is 0 Å². The van der Waals surface area contributed by atoms with E-state index in [0.29, 0.717) is 16.5 Å². The lowest BCUT2D eigenvalue weighted by molar-refractivity contribution is -0.111. The molecule has 0 bridgehead atoms. The van der Waals surface area contributed by atoms with Crippen LogP contribution in [0.5, 0.6) is 11.5 Å². The van der Waals surface area contributed by atoms with Crippen LogP contribution in [0.4, 0.5) is 5.69 Å². The molecule has 0 aliphatic carbocycles. The Morgan fingerprint density at radius 1 is 1.28 bits per heavy atom. The maximum absolute atomic E-state index is 12.2. The number of benzene rings is 2. The van der Waals surface area contributed by atoms with E-state index in [9.17, 15) is 4.79 Å². The van der Waals surface area contributed by atoms with Crippen molar-refractivity contribution >= 4 is 29.3 Å². The van der Waals surface area contributed by atoms with E-state index in [-0.39, 0.29) is 12.0 Å². The molecule has 0 spiro atoms. The van der Waals surface area contributed by atoms with Crippen LogP contribution in [0.3, 0.4) is 0 Å². The number of halogens is 1. The van der Waals surface area contributed by atoms with Crippen LogP contribution >= 0.6 is 11.6 Å². The van der Waals surface area contributed by atoms with Crippen LogP contribution in [0.1, 0.15) is 12.5 Å². The lowest BCUT2D eigenvalue weighted by Gasteiger charge is -2.22. The number of nitrogens with one attached hydrogen (secondary N) is 1. The minimum absolute atomic E-state index is 0.125. The zero-order valence-corrected chi connectivity index (χ0v) is 14.7. The molecule has 0 fully saturated rings. The zero-order valence-electron chi connectivity index (χ0n) is 14.0. The minimum Gasteiger partial charge on any atom is -0.495 e. The van der Waals surface area contributed by atoms with Crippen molar-refractivity contribution in [2.45, 2.75) is 13.0 Å². The molecule has 3 rings (SSSR count). The van der Waals surface area contributed by atoms with Gasteiger partial charge in [-0.2, -0.15) is 0 Å². The number of anilines is 1. The number of fused-ring (bicyclic) bond motifs is 1. The number of hydrogen-bond donors (Lipinski definition) is 1. The Kier molecular flexibility index (Phi) is 5.10. The SMILES string of the molecule is COc1ccc(Cl)cc1NC(=O)/C=C/C1=Cc2ccccc2OC1C. The van der Waals surface area contributed by atoms with Crippen LogP contribution in [0.2, 0.25) is 5.02 Å². The Hall–Kier alpha value is -2.72. The van der Waals surface area contributed by atoms with E-state index in [1.807, 2.05) is 37.3 Å². The van der Waals surface area contributed by atoms with Gasteiger partial charge < -0.3 is 14.8 Å². The third-order valence-electron chi connectivity index (χ3n) is 3.86. The van der Waals surface area contributed by atoms with E-state index in [1.54, 1.807) is 24.3 Å². The molecule has 0 saturated heterocycles. The molecule has 1 unspecified atom stereocenters. The molecule has 0 saturated carbocycles. The molecule has 0 aromatic heterocycles. The van der Waals surface area contributed by atoms with Crippen LogP contribution < -0.4 is 14.8 Å². The van der Waals surface area contributed by atoms with Crippen LogP contribution in [-0.2, 0) is 4.79 Å². The van der Waals surface area contributed by atoms with Gasteiger partial charge in [-0.15, -0.1) is 0 Å². The fraction of sp³-hybridized carbons (Fsp3) is 0.150. The van der Waals surface area contributed by atoms with Gasteiger partial charge in [0.15, 0.2) is 0 Å². The second kappa shape index (κ2) is 7.45. The number of rotatable bonds is 4. The maximum atomic E-state index is 12.2. The number of carbonyl (C=O) groups is 1. The third kappa shape index (κ3) is 4.03. The van der Waals surface area contributed by atoms with Gasteiger partial charge in [0.1, 0.15) is 17.6 Å². The van der Waals surface area contributed by atoms with Crippen LogP contribution in [-0.4, -0.2) is 19.1 Å². The van der Waals surface area contributed by atoms with Gasteiger partial charge >= 0.3 is 0 Å². The summed E-state index contributed by atoms with van der Waals surface area (Å²) in [5, 5.41) is 3.29. The van der Waals surface area contributed by atoms with Crippen molar-refractivity contribution < 1.29 is 14.3 Å². The third-order valence-corrected chi connectivity index (χ3v) is 4.10. The molecule has 128 valence electrons. The summed E-state index contributed by atoms with van der Waals surface area (Å²) in [6, 6.07) is 12.9. The van der Waals surface area contributed by atoms with Gasteiger partial charge in [-0.3, -0.25) is 4.79 Å². The first kappa shape index (κ1) is 17.1. The monoisotopic (exact) mass is 355 g/mol. The first-order valence-corrected chi connectivity index (χ1v) is 8.24. The molecule has 1 amide bonds. The van der Waals surface area contributed by atoms with E-state index in [2.05, 4.69) is 5.32 Å². The second-order valence-corrected chi connectivity index (χ2v) is 6.05. The Balaban J connectivity index is 1.75. The van der Waals surface area contributed by atoms with E-state index >= 15 is 0 Å². The van der Waals surface area contributed by atoms with E-state index in [0.717, 1.165) is 16.9 Å². The summed E-state index contributed by atoms with van der Waals surface area (Å²) in [4.78, 5) is 12.2. The summed E-state index contributed by atoms with van der Waals surface area (Å²) in [6.07, 6.45) is 5.12. The van der Waals surface area contributed by atoms with Crippen molar-refractivity contribution in [1.82, 2.24) is 0 Å². The Bertz CT molecular complexity index is 858. The summed E-state index contributed by atoms with van der Waals surface area (Å²) in [6.45, 7) is 1.95. The second-order valence-electron chi connectivity index (χ2n) is 5.61. The maximum Gasteiger partial charge on any atom is 0.248 e. The number of methoxy groups -OCH3 is 1. The van der Waals surface area contributed by atoms with E-state index < -0.39 is 0 Å². The molecular formula is C20H18ClNO3. The lowest BCUT2D eigenvalue weighted by Crippen LogP contribution is -2.18. The quantitative estimate of drug-likeness (QED) is 0.808. The molecule has 1 aliphatic rings. The van der Waals surface area contributed by atoms with Gasteiger partial charge in [0.2, 0.25) is 5.91 Å². The highest BCUT2D eigenvalue weighted by molar-refractivity contribution is 6.31. The van der Waals surface area contributed by atoms with Crippen LogP contribution in [0.15, 0.2) is 60.2 Å². The van der Waals surface area contributed by atoms with Gasteiger partial charge in [-0.1, -0.05) is 29.8 Å². The average Bonchev–Trinajstić information content (AvgIpc) is 2.60. The Morgan fingerprint density at radius 3 is 2.88 bits per heavy atom. The van der Waals surface area contributed by atoms with Crippen molar-refractivity contribution in [2.75, 3.05) is 12.4 Å². The molecule has 1 atom stereocenters. The molecule has 2 aromatic carbocycles. The van der Waals surface area contributed by atoms with Crippen molar-refractivity contribution in [3.8, 4) is 11.5 Å². The predicted molar refractivity (Wildman–Crippen MR) is 100 cm³/mol. The number of amides is 1. The normalized spacial score (nSPS) is 16.0. The predicted octanol–water partition coefficient (Wildman–Crippen LogP) is 4.71. The topological polar surface area (TPSA) is 47.6 Å². The number of hydrogen-bond acceptors (Lipinski definition) is 3. The summed E-state index contributed by atoms with van der Waals surface area (Å²) >= 11 is 5.97. The van der Waals surface area contributed by atoms with Crippen LogP contribution in [0.25, 0.3) is 6.08 Å². The molecule has 1 aliphatic heterocycles. The minimum atomic E-state index is -0.271. The zero-order chi connectivity index (χ0) is 17.8. The lowest BCUT2D eigenvalue weighted by atomic mass is 10.0. The van der Waals surface area contributed by atoms with Crippen molar-refractivity contribution in [3.63, 3.8) is 0 Å². The molecule has 0 radical (unpaired) electrons. The molecule has 5 heteroatoms. The first-order chi connectivity index (χ1) is 12.1. The van der Waals surface area contributed by atoms with Crippen molar-refractivity contribution in [3.05, 3.63) is 70.8 Å². The van der Waals surface area contributed by atoms with Gasteiger partial charge in [0, 0.05) is 16.7 Å². The Morgan fingerprint density at radius 2 is 2.08 bits per heavy atom. The molecule has 1 heterocycles. The summed E-state index contributed by atoms with van der Waals surface area (Å²) < 4.78 is 11.1. The van der Waals surface area contributed by atoms with Gasteiger partial charge in [-0.05, 0) is 48.9 Å². The van der Waals surface area contributed by atoms with E-state index in [4.69, 9.17) is 21.1 Å². The standard InChI is InChI=1S/C20H18ClNO3/c1-13-14(11-15-5-3-4-6-18(15)25-13)7-10-20(23)22-17-12-16(21)8-9-19(17)24-2/h3-13H,1-2H3,(H,22,23)/b10-7+. The number of para-hydroxylation sites is 1. The fourth-order valence-electron chi connectivity index (χ4n) is 2.57. The molecule has 1 N–H and O–H groups in total. The molecular weight excluding hydrogens is 338 g/mol. The Labute approximate surface area is 151 Å². The molecule has 2 aromatic rings. The molecule has 25 heavy (non-hydrogen) atoms. The first-order valence-electron chi connectivity index (χ1n) is 7.86. The molecule has 4 nitrogen and oxygen atoms in total. The van der Waals surface area contributed by atoms with Crippen molar-refractivity contribution in [1.29, 1.82) is 0 Å². The number of ether oxygens (including phenoxy) is 2. The van der Waals surface area contributed by atoms with Gasteiger partial charge in [-0.25, -0.2) is 0 Å². The number of carbonyl (C=O) groups excluding carboxylic acids is 1. The largest absolute Gasteiger partial charge is 0.495 e. The smallest absolute Gasteiger partial charge is 0.248 e. The highest BCUT2D eigenvalue weighted by Crippen LogP contribution is 2.30. The van der Waals surface area contributed by atoms with Crippen LogP contribution in [0, 0.1) is 0 Å². The fourth-order valence-corrected chi connectivity index (χ4v) is 2.74. The van der Waals surface area contributed by atoms with Gasteiger partial charge in [0.25, 0.3) is 0 Å². The van der Waals surface area contributed by atoms with Gasteiger partial charge in [0.05, 0.1) is 12.8 Å². The highest BCUT2D eigenvalue weighted by atomic mass is 35.5.